The second-order valence-electron chi connectivity index (χ2n) is 24.5. The monoisotopic (exact) mass is 1170 g/mol. The average molecular weight is 1170 g/mol. The van der Waals surface area contributed by atoms with Gasteiger partial charge in [0.15, 0.2) is 6.10 Å². The van der Waals surface area contributed by atoms with Gasteiger partial charge in [0.1, 0.15) is 19.8 Å². The number of esters is 2. The highest BCUT2D eigenvalue weighted by Gasteiger charge is 2.22. The Morgan fingerprint density at radius 1 is 0.390 bits per heavy atom. The Morgan fingerprint density at radius 3 is 1.05 bits per heavy atom. The van der Waals surface area contributed by atoms with Crippen molar-refractivity contribution in [2.75, 3.05) is 47.5 Å². The maximum absolute atomic E-state index is 12.9. The number of carbonyl (C=O) groups is 2. The Balaban J connectivity index is 4.04. The van der Waals surface area contributed by atoms with E-state index >= 15 is 0 Å². The number of phosphoric ester groups is 1. The first kappa shape index (κ1) is 79.5. The summed E-state index contributed by atoms with van der Waals surface area (Å²) in [5.41, 5.74) is 0. The van der Waals surface area contributed by atoms with Gasteiger partial charge in [-0.2, -0.15) is 0 Å². The summed E-state index contributed by atoms with van der Waals surface area (Å²) in [7, 11) is 1.17. The molecule has 82 heavy (non-hydrogen) atoms. The highest BCUT2D eigenvalue weighted by Crippen LogP contribution is 2.38. The molecule has 2 unspecified atom stereocenters. The van der Waals surface area contributed by atoms with Gasteiger partial charge in [0, 0.05) is 12.8 Å². The number of likely N-dealkylation sites (N-methyl/N-ethyl adjacent to an activating group) is 1. The molecule has 0 aromatic rings. The van der Waals surface area contributed by atoms with E-state index in [4.69, 9.17) is 18.5 Å². The second kappa shape index (κ2) is 63.0. The molecule has 0 aliphatic rings. The molecule has 0 fully saturated rings. The molecule has 0 amide bonds. The van der Waals surface area contributed by atoms with Crippen molar-refractivity contribution in [2.24, 2.45) is 0 Å². The summed E-state index contributed by atoms with van der Waals surface area (Å²) in [5, 5.41) is 0. The van der Waals surface area contributed by atoms with Gasteiger partial charge in [-0.3, -0.25) is 14.2 Å². The van der Waals surface area contributed by atoms with Crippen molar-refractivity contribution < 1.29 is 42.1 Å². The van der Waals surface area contributed by atoms with Gasteiger partial charge in [-0.25, -0.2) is 0 Å². The van der Waals surface area contributed by atoms with Crippen LogP contribution >= 0.6 is 7.82 Å². The second-order valence-corrected chi connectivity index (χ2v) is 25.9. The Labute approximate surface area is 508 Å². The molecule has 0 aliphatic heterocycles. The Hall–Kier alpha value is -2.55. The van der Waals surface area contributed by atoms with E-state index in [0.717, 1.165) is 70.6 Å². The molecule has 0 heterocycles. The fourth-order valence-corrected chi connectivity index (χ4v) is 10.6. The summed E-state index contributed by atoms with van der Waals surface area (Å²) in [6, 6.07) is 0. The minimum Gasteiger partial charge on any atom is -0.756 e. The molecule has 0 N–H and O–H groups in total. The molecular weight excluding hydrogens is 1040 g/mol. The normalized spacial score (nSPS) is 13.6. The van der Waals surface area contributed by atoms with Gasteiger partial charge in [-0.15, -0.1) is 0 Å². The van der Waals surface area contributed by atoms with Gasteiger partial charge in [-0.05, 0) is 83.5 Å². The lowest BCUT2D eigenvalue weighted by Gasteiger charge is -2.28. The third-order valence-electron chi connectivity index (χ3n) is 15.2. The lowest BCUT2D eigenvalue weighted by Crippen LogP contribution is -2.37. The van der Waals surface area contributed by atoms with E-state index in [2.05, 4.69) is 86.8 Å². The fraction of sp³-hybridized carbons (Fsp3) is 0.806. The maximum atomic E-state index is 12.9. The van der Waals surface area contributed by atoms with Crippen LogP contribution in [-0.2, 0) is 32.7 Å². The van der Waals surface area contributed by atoms with E-state index in [9.17, 15) is 19.0 Å². The van der Waals surface area contributed by atoms with Crippen molar-refractivity contribution in [3.8, 4) is 0 Å². The summed E-state index contributed by atoms with van der Waals surface area (Å²) in [6.07, 6.45) is 84.1. The summed E-state index contributed by atoms with van der Waals surface area (Å²) in [4.78, 5) is 38.1. The predicted molar refractivity (Wildman–Crippen MR) is 351 cm³/mol. The standard InChI is InChI=1S/C72H132NO8P/c1-6-8-10-12-14-16-18-20-22-24-26-28-30-32-34-35-36-37-39-41-43-45-47-49-51-53-55-57-59-61-63-65-72(75)81-70(69-80-82(76,77)79-67-66-73(3,4)5)68-78-71(74)64-62-60-58-56-54-52-50-48-46-44-42-40-38-33-31-29-27-25-23-21-19-17-15-13-11-9-7-2/h8,10,14,16,20,22,25-28,32,34,70H,6-7,9,11-13,15,17-19,21,23-24,29-31,33,35-69H2,1-5H3/b10-8-,16-14-,22-20-,27-25-,28-26-,34-32-. The smallest absolute Gasteiger partial charge is 0.306 e. The zero-order valence-electron chi connectivity index (χ0n) is 54.4. The summed E-state index contributed by atoms with van der Waals surface area (Å²) in [6.45, 7) is 4.17. The molecule has 0 aliphatic carbocycles. The zero-order chi connectivity index (χ0) is 59.8. The van der Waals surface area contributed by atoms with Gasteiger partial charge in [-0.1, -0.05) is 299 Å². The SMILES string of the molecule is CC/C=C\C/C=C\C/C=C\C/C=C\C/C=C\CCCCCCCCCCCCCCCCCC(=O)OC(COC(=O)CCCCCCCCCCCCCCCCC/C=C\CCCCCCCCCC)COP(=O)([O-])OCC[N+](C)(C)C. The Bertz CT molecular complexity index is 1610. The lowest BCUT2D eigenvalue weighted by atomic mass is 10.0. The van der Waals surface area contributed by atoms with Crippen LogP contribution in [0.3, 0.4) is 0 Å². The highest BCUT2D eigenvalue weighted by molar-refractivity contribution is 7.45. The molecule has 0 saturated carbocycles. The predicted octanol–water partition coefficient (Wildman–Crippen LogP) is 21.8. The van der Waals surface area contributed by atoms with Crippen LogP contribution in [0.2, 0.25) is 0 Å². The summed E-state index contributed by atoms with van der Waals surface area (Å²) >= 11 is 0. The topological polar surface area (TPSA) is 111 Å². The lowest BCUT2D eigenvalue weighted by molar-refractivity contribution is -0.870. The molecule has 0 aromatic heterocycles. The minimum atomic E-state index is -4.64. The van der Waals surface area contributed by atoms with E-state index in [1.165, 1.54) is 218 Å². The van der Waals surface area contributed by atoms with Crippen LogP contribution in [0.4, 0.5) is 0 Å². The summed E-state index contributed by atoms with van der Waals surface area (Å²) < 4.78 is 34.3. The van der Waals surface area contributed by atoms with E-state index in [-0.39, 0.29) is 32.0 Å². The molecule has 10 heteroatoms. The Kier molecular flexibility index (Phi) is 61.0. The quantitative estimate of drug-likeness (QED) is 0.0195. The van der Waals surface area contributed by atoms with Crippen molar-refractivity contribution >= 4 is 19.8 Å². The third kappa shape index (κ3) is 66.6. The van der Waals surface area contributed by atoms with Crippen LogP contribution in [0.25, 0.3) is 0 Å². The Morgan fingerprint density at radius 2 is 0.695 bits per heavy atom. The molecular formula is C72H132NO8P. The number of hydrogen-bond acceptors (Lipinski definition) is 8. The molecule has 0 spiro atoms. The fourth-order valence-electron chi connectivity index (χ4n) is 9.92. The van der Waals surface area contributed by atoms with E-state index in [1.54, 1.807) is 0 Å². The van der Waals surface area contributed by atoms with Crippen LogP contribution in [0.15, 0.2) is 72.9 Å². The van der Waals surface area contributed by atoms with Crippen molar-refractivity contribution in [1.82, 2.24) is 0 Å². The zero-order valence-corrected chi connectivity index (χ0v) is 55.3. The van der Waals surface area contributed by atoms with Gasteiger partial charge in [0.05, 0.1) is 27.7 Å². The van der Waals surface area contributed by atoms with Crippen LogP contribution in [0.5, 0.6) is 0 Å². The maximum Gasteiger partial charge on any atom is 0.306 e. The third-order valence-corrected chi connectivity index (χ3v) is 16.2. The number of unbranched alkanes of at least 4 members (excludes halogenated alkanes) is 38. The number of phosphoric acid groups is 1. The van der Waals surface area contributed by atoms with Gasteiger partial charge in [0.25, 0.3) is 7.82 Å². The van der Waals surface area contributed by atoms with Crippen LogP contribution in [0, 0.1) is 0 Å². The number of hydrogen-bond donors (Lipinski definition) is 0. The average Bonchev–Trinajstić information content (AvgIpc) is 3.46. The molecule has 9 nitrogen and oxygen atoms in total. The minimum absolute atomic E-state index is 0.0310. The number of quaternary nitrogens is 1. The molecule has 0 bridgehead atoms. The van der Waals surface area contributed by atoms with Gasteiger partial charge >= 0.3 is 11.9 Å². The largest absolute Gasteiger partial charge is 0.756 e. The molecule has 0 rings (SSSR count). The van der Waals surface area contributed by atoms with E-state index < -0.39 is 26.5 Å². The summed E-state index contributed by atoms with van der Waals surface area (Å²) in [5.74, 6) is -0.821. The first-order valence-corrected chi connectivity index (χ1v) is 36.1. The van der Waals surface area contributed by atoms with E-state index in [1.807, 2.05) is 21.1 Å². The van der Waals surface area contributed by atoms with Gasteiger partial charge in [0.2, 0.25) is 0 Å². The van der Waals surface area contributed by atoms with Crippen molar-refractivity contribution in [1.29, 1.82) is 0 Å². The van der Waals surface area contributed by atoms with Crippen LogP contribution in [0.1, 0.15) is 322 Å². The first-order valence-electron chi connectivity index (χ1n) is 34.6. The molecule has 0 radical (unpaired) electrons. The number of carbonyl (C=O) groups excluding carboxylic acids is 2. The van der Waals surface area contributed by atoms with Gasteiger partial charge < -0.3 is 27.9 Å². The van der Waals surface area contributed by atoms with Crippen LogP contribution in [-0.4, -0.2) is 70.0 Å². The van der Waals surface area contributed by atoms with Crippen molar-refractivity contribution in [3.63, 3.8) is 0 Å². The molecule has 0 saturated heterocycles. The number of allylic oxidation sites excluding steroid dienone is 12. The highest BCUT2D eigenvalue weighted by atomic mass is 31.2. The van der Waals surface area contributed by atoms with Crippen molar-refractivity contribution in [3.05, 3.63) is 72.9 Å². The van der Waals surface area contributed by atoms with E-state index in [0.29, 0.717) is 17.4 Å². The van der Waals surface area contributed by atoms with Crippen LogP contribution < -0.4 is 4.89 Å². The number of rotatable bonds is 64. The first-order chi connectivity index (χ1) is 40.0. The molecule has 478 valence electrons. The van der Waals surface area contributed by atoms with Crippen molar-refractivity contribution in [2.45, 2.75) is 328 Å². The molecule has 0 aromatic carbocycles. The molecule has 2 atom stereocenters. The number of nitrogens with zero attached hydrogens (tertiary/aromatic N) is 1. The number of ether oxygens (including phenoxy) is 2.